The van der Waals surface area contributed by atoms with Crippen LogP contribution in [0.15, 0.2) is 53.9 Å². The average molecular weight is 520 g/mol. The van der Waals surface area contributed by atoms with E-state index in [9.17, 15) is 4.39 Å². The third-order valence-corrected chi connectivity index (χ3v) is 5.04. The second-order valence-electron chi connectivity index (χ2n) is 7.08. The van der Waals surface area contributed by atoms with E-state index in [-0.39, 0.29) is 29.8 Å². The van der Waals surface area contributed by atoms with Gasteiger partial charge in [0.05, 0.1) is 5.69 Å². The van der Waals surface area contributed by atoms with Crippen LogP contribution in [0, 0.1) is 12.7 Å². The number of hydrogen-bond donors (Lipinski definition) is 3. The maximum Gasteiger partial charge on any atom is 0.190 e. The number of guanidine groups is 1. The Morgan fingerprint density at radius 3 is 2.77 bits per heavy atom. The fourth-order valence-electron chi connectivity index (χ4n) is 3.53. The highest BCUT2D eigenvalue weighted by Crippen LogP contribution is 2.19. The van der Waals surface area contributed by atoms with Crippen LogP contribution < -0.4 is 10.6 Å². The Bertz CT molecular complexity index is 1160. The first kappa shape index (κ1) is 22.1. The SMILES string of the molecule is CN=C(NCCc1cn2cccc(C)c2n1)NCCc1c[nH]c2ccc(F)cc12.I. The normalized spacial score (nSPS) is 11.6. The number of nitrogens with zero attached hydrogens (tertiary/aromatic N) is 3. The van der Waals surface area contributed by atoms with E-state index in [1.54, 1.807) is 19.2 Å². The number of benzene rings is 1. The molecule has 3 heterocycles. The molecule has 0 aliphatic heterocycles. The molecule has 4 rings (SSSR count). The predicted octanol–water partition coefficient (Wildman–Crippen LogP) is 3.83. The van der Waals surface area contributed by atoms with Crippen molar-refractivity contribution in [3.63, 3.8) is 0 Å². The number of H-pyrrole nitrogens is 1. The standard InChI is InChI=1S/C22H25FN6.HI/c1-15-4-3-11-29-14-18(28-21(15)29)8-10-26-22(24-2)25-9-7-16-13-27-20-6-5-17(23)12-19(16)20;/h3-6,11-14,27H,7-10H2,1-2H3,(H2,24,25,26);1H. The molecule has 0 aliphatic rings. The van der Waals surface area contributed by atoms with Crippen LogP contribution in [0.3, 0.4) is 0 Å². The fraction of sp³-hybridized carbons (Fsp3) is 0.273. The lowest BCUT2D eigenvalue weighted by Crippen LogP contribution is -2.39. The lowest BCUT2D eigenvalue weighted by atomic mass is 10.1. The molecule has 30 heavy (non-hydrogen) atoms. The van der Waals surface area contributed by atoms with Gasteiger partial charge in [-0.15, -0.1) is 24.0 Å². The molecule has 0 aliphatic carbocycles. The highest BCUT2D eigenvalue weighted by Gasteiger charge is 2.07. The quantitative estimate of drug-likeness (QED) is 0.206. The Kier molecular flexibility index (Phi) is 7.30. The van der Waals surface area contributed by atoms with Crippen LogP contribution in [-0.4, -0.2) is 40.5 Å². The van der Waals surface area contributed by atoms with Crippen molar-refractivity contribution < 1.29 is 4.39 Å². The fourth-order valence-corrected chi connectivity index (χ4v) is 3.53. The molecule has 158 valence electrons. The van der Waals surface area contributed by atoms with E-state index in [1.807, 2.05) is 18.5 Å². The highest BCUT2D eigenvalue weighted by molar-refractivity contribution is 14.0. The maximum atomic E-state index is 13.5. The van der Waals surface area contributed by atoms with Gasteiger partial charge in [0, 0.05) is 56.1 Å². The highest BCUT2D eigenvalue weighted by atomic mass is 127. The van der Waals surface area contributed by atoms with Gasteiger partial charge in [-0.25, -0.2) is 9.37 Å². The minimum absolute atomic E-state index is 0. The van der Waals surface area contributed by atoms with Gasteiger partial charge in [0.1, 0.15) is 11.5 Å². The molecule has 0 saturated heterocycles. The Morgan fingerprint density at radius 1 is 1.20 bits per heavy atom. The zero-order valence-electron chi connectivity index (χ0n) is 17.1. The molecule has 0 saturated carbocycles. The number of fused-ring (bicyclic) bond motifs is 2. The first-order chi connectivity index (χ1) is 14.1. The zero-order chi connectivity index (χ0) is 20.2. The predicted molar refractivity (Wildman–Crippen MR) is 130 cm³/mol. The van der Waals surface area contributed by atoms with Gasteiger partial charge >= 0.3 is 0 Å². The van der Waals surface area contributed by atoms with Gasteiger partial charge in [-0.2, -0.15) is 0 Å². The van der Waals surface area contributed by atoms with Crippen molar-refractivity contribution in [3.8, 4) is 0 Å². The lowest BCUT2D eigenvalue weighted by molar-refractivity contribution is 0.629. The number of nitrogens with one attached hydrogen (secondary N) is 3. The summed E-state index contributed by atoms with van der Waals surface area (Å²) in [5, 5.41) is 7.57. The molecule has 3 aromatic heterocycles. The number of rotatable bonds is 6. The molecule has 0 radical (unpaired) electrons. The maximum absolute atomic E-state index is 13.5. The Hall–Kier alpha value is -2.62. The van der Waals surface area contributed by atoms with Crippen LogP contribution in [0.4, 0.5) is 4.39 Å². The number of aliphatic imine (C=N–C) groups is 1. The molecular weight excluding hydrogens is 494 g/mol. The molecule has 0 fully saturated rings. The zero-order valence-corrected chi connectivity index (χ0v) is 19.4. The van der Waals surface area contributed by atoms with E-state index in [4.69, 9.17) is 4.98 Å². The summed E-state index contributed by atoms with van der Waals surface area (Å²) in [5.74, 6) is 0.530. The Labute approximate surface area is 192 Å². The molecule has 4 aromatic rings. The van der Waals surface area contributed by atoms with Crippen molar-refractivity contribution >= 4 is 46.5 Å². The number of aryl methyl sites for hydroxylation is 1. The van der Waals surface area contributed by atoms with Crippen molar-refractivity contribution in [1.29, 1.82) is 0 Å². The Morgan fingerprint density at radius 2 is 2.00 bits per heavy atom. The van der Waals surface area contributed by atoms with Crippen molar-refractivity contribution in [3.05, 3.63) is 71.6 Å². The molecular formula is C22H26FIN6. The van der Waals surface area contributed by atoms with E-state index < -0.39 is 0 Å². The summed E-state index contributed by atoms with van der Waals surface area (Å²) in [6.07, 6.45) is 7.60. The van der Waals surface area contributed by atoms with Crippen LogP contribution in [-0.2, 0) is 12.8 Å². The van der Waals surface area contributed by atoms with Crippen LogP contribution in [0.1, 0.15) is 16.8 Å². The topological polar surface area (TPSA) is 69.5 Å². The van der Waals surface area contributed by atoms with E-state index in [0.29, 0.717) is 6.54 Å². The molecule has 0 unspecified atom stereocenters. The van der Waals surface area contributed by atoms with Gasteiger partial charge in [0.15, 0.2) is 5.96 Å². The molecule has 0 bridgehead atoms. The summed E-state index contributed by atoms with van der Waals surface area (Å²) < 4.78 is 15.6. The summed E-state index contributed by atoms with van der Waals surface area (Å²) >= 11 is 0. The number of hydrogen-bond acceptors (Lipinski definition) is 2. The van der Waals surface area contributed by atoms with E-state index in [0.717, 1.165) is 53.2 Å². The summed E-state index contributed by atoms with van der Waals surface area (Å²) in [6, 6.07) is 8.91. The molecule has 1 aromatic carbocycles. The smallest absolute Gasteiger partial charge is 0.190 e. The van der Waals surface area contributed by atoms with E-state index in [2.05, 4.69) is 44.2 Å². The van der Waals surface area contributed by atoms with Crippen LogP contribution >= 0.6 is 24.0 Å². The number of aromatic amines is 1. The first-order valence-electron chi connectivity index (χ1n) is 9.77. The molecule has 0 amide bonds. The van der Waals surface area contributed by atoms with Crippen LogP contribution in [0.2, 0.25) is 0 Å². The van der Waals surface area contributed by atoms with Gasteiger partial charge in [0.2, 0.25) is 0 Å². The first-order valence-corrected chi connectivity index (χ1v) is 9.77. The second kappa shape index (κ2) is 9.92. The van der Waals surface area contributed by atoms with Crippen molar-refractivity contribution in [2.45, 2.75) is 19.8 Å². The van der Waals surface area contributed by atoms with Crippen molar-refractivity contribution in [1.82, 2.24) is 25.0 Å². The number of halogens is 2. The molecule has 6 nitrogen and oxygen atoms in total. The number of imidazole rings is 1. The lowest BCUT2D eigenvalue weighted by Gasteiger charge is -2.11. The van der Waals surface area contributed by atoms with Crippen molar-refractivity contribution in [2.24, 2.45) is 4.99 Å². The van der Waals surface area contributed by atoms with Gasteiger partial charge in [0.25, 0.3) is 0 Å². The minimum atomic E-state index is -0.217. The number of aromatic nitrogens is 3. The third-order valence-electron chi connectivity index (χ3n) is 5.04. The summed E-state index contributed by atoms with van der Waals surface area (Å²) in [6.45, 7) is 3.51. The molecule has 8 heteroatoms. The number of pyridine rings is 1. The minimum Gasteiger partial charge on any atom is -0.361 e. The van der Waals surface area contributed by atoms with Gasteiger partial charge in [-0.3, -0.25) is 4.99 Å². The second-order valence-corrected chi connectivity index (χ2v) is 7.08. The van der Waals surface area contributed by atoms with Crippen LogP contribution in [0.25, 0.3) is 16.6 Å². The molecule has 3 N–H and O–H groups in total. The Balaban J connectivity index is 0.00000256. The summed E-state index contributed by atoms with van der Waals surface area (Å²) in [5.41, 5.74) is 5.25. The average Bonchev–Trinajstić information content (AvgIpc) is 3.31. The van der Waals surface area contributed by atoms with E-state index in [1.165, 1.54) is 11.6 Å². The summed E-state index contributed by atoms with van der Waals surface area (Å²) in [4.78, 5) is 12.2. The monoisotopic (exact) mass is 520 g/mol. The van der Waals surface area contributed by atoms with Crippen LogP contribution in [0.5, 0.6) is 0 Å². The van der Waals surface area contributed by atoms with E-state index >= 15 is 0 Å². The van der Waals surface area contributed by atoms with Gasteiger partial charge < -0.3 is 20.0 Å². The van der Waals surface area contributed by atoms with Gasteiger partial charge in [-0.1, -0.05) is 6.07 Å². The molecule has 0 atom stereocenters. The largest absolute Gasteiger partial charge is 0.361 e. The summed E-state index contributed by atoms with van der Waals surface area (Å²) in [7, 11) is 1.75. The third kappa shape index (κ3) is 4.92. The molecule has 0 spiro atoms. The van der Waals surface area contributed by atoms with Gasteiger partial charge in [-0.05, 0) is 48.7 Å². The van der Waals surface area contributed by atoms with Crippen molar-refractivity contribution in [2.75, 3.05) is 20.1 Å².